The van der Waals surface area contributed by atoms with E-state index in [2.05, 4.69) is 52.9 Å². The molecule has 0 amide bonds. The van der Waals surface area contributed by atoms with Crippen LogP contribution in [-0.2, 0) is 6.54 Å². The molecule has 1 aliphatic rings. The zero-order chi connectivity index (χ0) is 11.5. The number of aryl methyl sites for hydroxylation is 2. The maximum absolute atomic E-state index is 3.61. The topological polar surface area (TPSA) is 3.24 Å². The van der Waals surface area contributed by atoms with Gasteiger partial charge in [0.2, 0.25) is 0 Å². The SMILES string of the molecule is Cc1ccc(CN2CCCC2CBr)cc1C. The van der Waals surface area contributed by atoms with Crippen LogP contribution >= 0.6 is 15.9 Å². The van der Waals surface area contributed by atoms with Gasteiger partial charge in [0.05, 0.1) is 0 Å². The maximum atomic E-state index is 3.61. The number of likely N-dealkylation sites (tertiary alicyclic amines) is 1. The second-order valence-electron chi connectivity index (χ2n) is 4.84. The van der Waals surface area contributed by atoms with Gasteiger partial charge in [-0.3, -0.25) is 4.90 Å². The van der Waals surface area contributed by atoms with Gasteiger partial charge < -0.3 is 0 Å². The van der Waals surface area contributed by atoms with E-state index in [0.717, 1.165) is 17.9 Å². The summed E-state index contributed by atoms with van der Waals surface area (Å²) in [4.78, 5) is 2.60. The predicted molar refractivity (Wildman–Crippen MR) is 73.1 cm³/mol. The number of alkyl halides is 1. The minimum atomic E-state index is 0.738. The lowest BCUT2D eigenvalue weighted by molar-refractivity contribution is 0.265. The summed E-state index contributed by atoms with van der Waals surface area (Å²) in [6.07, 6.45) is 2.69. The van der Waals surface area contributed by atoms with Crippen molar-refractivity contribution in [3.05, 3.63) is 34.9 Å². The van der Waals surface area contributed by atoms with Gasteiger partial charge in [-0.15, -0.1) is 0 Å². The number of nitrogens with zero attached hydrogens (tertiary/aromatic N) is 1. The summed E-state index contributed by atoms with van der Waals surface area (Å²) in [6.45, 7) is 6.74. The molecule has 0 radical (unpaired) electrons. The van der Waals surface area contributed by atoms with Gasteiger partial charge in [-0.1, -0.05) is 34.1 Å². The number of benzene rings is 1. The Morgan fingerprint density at radius 3 is 2.81 bits per heavy atom. The lowest BCUT2D eigenvalue weighted by atomic mass is 10.1. The van der Waals surface area contributed by atoms with Crippen molar-refractivity contribution in [2.45, 2.75) is 39.3 Å². The van der Waals surface area contributed by atoms with E-state index in [1.54, 1.807) is 0 Å². The van der Waals surface area contributed by atoms with Crippen LogP contribution in [0.3, 0.4) is 0 Å². The number of hydrogen-bond donors (Lipinski definition) is 0. The Labute approximate surface area is 107 Å². The fourth-order valence-electron chi connectivity index (χ4n) is 2.41. The molecule has 1 aliphatic heterocycles. The summed E-state index contributed by atoms with van der Waals surface area (Å²) >= 11 is 3.61. The Hall–Kier alpha value is -0.340. The van der Waals surface area contributed by atoms with Gasteiger partial charge in [-0.05, 0) is 49.9 Å². The Morgan fingerprint density at radius 2 is 2.12 bits per heavy atom. The molecule has 1 heterocycles. The number of hydrogen-bond acceptors (Lipinski definition) is 1. The molecule has 0 saturated carbocycles. The van der Waals surface area contributed by atoms with Gasteiger partial charge in [0.25, 0.3) is 0 Å². The van der Waals surface area contributed by atoms with Crippen LogP contribution in [0.25, 0.3) is 0 Å². The van der Waals surface area contributed by atoms with Crippen LogP contribution in [0.5, 0.6) is 0 Å². The minimum Gasteiger partial charge on any atom is -0.295 e. The standard InChI is InChI=1S/C14H20BrN/c1-11-5-6-13(8-12(11)2)10-16-7-3-4-14(16)9-15/h5-6,8,14H,3-4,7,9-10H2,1-2H3. The van der Waals surface area contributed by atoms with E-state index >= 15 is 0 Å². The molecule has 0 N–H and O–H groups in total. The highest BCUT2D eigenvalue weighted by Crippen LogP contribution is 2.22. The van der Waals surface area contributed by atoms with Crippen molar-refractivity contribution in [1.29, 1.82) is 0 Å². The highest BCUT2D eigenvalue weighted by Gasteiger charge is 2.23. The number of halogens is 1. The fraction of sp³-hybridized carbons (Fsp3) is 0.571. The summed E-state index contributed by atoms with van der Waals surface area (Å²) in [5.41, 5.74) is 4.25. The Balaban J connectivity index is 2.05. The lowest BCUT2D eigenvalue weighted by Gasteiger charge is -2.23. The molecule has 1 atom stereocenters. The molecule has 1 fully saturated rings. The van der Waals surface area contributed by atoms with Crippen molar-refractivity contribution < 1.29 is 0 Å². The second kappa shape index (κ2) is 5.33. The first kappa shape index (κ1) is 12.1. The monoisotopic (exact) mass is 281 g/mol. The van der Waals surface area contributed by atoms with Crippen LogP contribution in [0.2, 0.25) is 0 Å². The molecule has 1 saturated heterocycles. The molecule has 0 aliphatic carbocycles. The van der Waals surface area contributed by atoms with Crippen LogP contribution in [0.1, 0.15) is 29.5 Å². The van der Waals surface area contributed by atoms with Gasteiger partial charge >= 0.3 is 0 Å². The molecule has 2 heteroatoms. The van der Waals surface area contributed by atoms with Crippen LogP contribution in [0.4, 0.5) is 0 Å². The van der Waals surface area contributed by atoms with Gasteiger partial charge in [0.15, 0.2) is 0 Å². The lowest BCUT2D eigenvalue weighted by Crippen LogP contribution is -2.29. The van der Waals surface area contributed by atoms with Crippen molar-refractivity contribution in [2.75, 3.05) is 11.9 Å². The summed E-state index contributed by atoms with van der Waals surface area (Å²) in [5, 5.41) is 1.11. The highest BCUT2D eigenvalue weighted by molar-refractivity contribution is 9.09. The third kappa shape index (κ3) is 2.67. The van der Waals surface area contributed by atoms with E-state index in [9.17, 15) is 0 Å². The third-order valence-electron chi connectivity index (χ3n) is 3.63. The highest BCUT2D eigenvalue weighted by atomic mass is 79.9. The second-order valence-corrected chi connectivity index (χ2v) is 5.49. The number of rotatable bonds is 3. The van der Waals surface area contributed by atoms with Gasteiger partial charge in [0, 0.05) is 17.9 Å². The average Bonchev–Trinajstić information content (AvgIpc) is 2.71. The summed E-state index contributed by atoms with van der Waals surface area (Å²) in [5.74, 6) is 0. The van der Waals surface area contributed by atoms with Crippen molar-refractivity contribution in [2.24, 2.45) is 0 Å². The molecule has 1 nitrogen and oxygen atoms in total. The zero-order valence-electron chi connectivity index (χ0n) is 10.2. The molecule has 2 rings (SSSR count). The molecule has 1 aromatic rings. The van der Waals surface area contributed by atoms with E-state index in [4.69, 9.17) is 0 Å². The molecule has 0 bridgehead atoms. The van der Waals surface area contributed by atoms with E-state index in [-0.39, 0.29) is 0 Å². The van der Waals surface area contributed by atoms with Crippen LogP contribution in [-0.4, -0.2) is 22.8 Å². The first-order valence-electron chi connectivity index (χ1n) is 6.07. The van der Waals surface area contributed by atoms with Crippen LogP contribution in [0.15, 0.2) is 18.2 Å². The van der Waals surface area contributed by atoms with Crippen molar-refractivity contribution in [1.82, 2.24) is 4.90 Å². The molecule has 0 spiro atoms. The van der Waals surface area contributed by atoms with Gasteiger partial charge in [-0.25, -0.2) is 0 Å². The fourth-order valence-corrected chi connectivity index (χ4v) is 3.15. The van der Waals surface area contributed by atoms with E-state index in [1.807, 2.05) is 0 Å². The van der Waals surface area contributed by atoms with E-state index in [0.29, 0.717) is 0 Å². The summed E-state index contributed by atoms with van der Waals surface area (Å²) in [6, 6.07) is 7.58. The Kier molecular flexibility index (Phi) is 4.04. The largest absolute Gasteiger partial charge is 0.295 e. The van der Waals surface area contributed by atoms with Crippen molar-refractivity contribution in [3.63, 3.8) is 0 Å². The van der Waals surface area contributed by atoms with Crippen molar-refractivity contribution in [3.8, 4) is 0 Å². The molecular weight excluding hydrogens is 262 g/mol. The maximum Gasteiger partial charge on any atom is 0.0237 e. The predicted octanol–water partition coefficient (Wildman–Crippen LogP) is 3.66. The Bertz CT molecular complexity index is 362. The molecule has 0 aromatic heterocycles. The van der Waals surface area contributed by atoms with E-state index < -0.39 is 0 Å². The van der Waals surface area contributed by atoms with Gasteiger partial charge in [0.1, 0.15) is 0 Å². The van der Waals surface area contributed by atoms with Gasteiger partial charge in [-0.2, -0.15) is 0 Å². The quantitative estimate of drug-likeness (QED) is 0.765. The smallest absolute Gasteiger partial charge is 0.0237 e. The Morgan fingerprint density at radius 1 is 1.31 bits per heavy atom. The summed E-state index contributed by atoms with van der Waals surface area (Å²) < 4.78 is 0. The molecular formula is C14H20BrN. The third-order valence-corrected chi connectivity index (χ3v) is 4.38. The molecule has 16 heavy (non-hydrogen) atoms. The summed E-state index contributed by atoms with van der Waals surface area (Å²) in [7, 11) is 0. The zero-order valence-corrected chi connectivity index (χ0v) is 11.8. The van der Waals surface area contributed by atoms with Crippen LogP contribution in [0, 0.1) is 13.8 Å². The van der Waals surface area contributed by atoms with Crippen molar-refractivity contribution >= 4 is 15.9 Å². The average molecular weight is 282 g/mol. The van der Waals surface area contributed by atoms with E-state index in [1.165, 1.54) is 36.1 Å². The minimum absolute atomic E-state index is 0.738. The first-order valence-corrected chi connectivity index (χ1v) is 7.19. The molecule has 1 aromatic carbocycles. The van der Waals surface area contributed by atoms with Crippen LogP contribution < -0.4 is 0 Å². The normalized spacial score (nSPS) is 21.6. The molecule has 88 valence electrons. The molecule has 1 unspecified atom stereocenters. The first-order chi connectivity index (χ1) is 7.70.